The molecule has 476 valence electrons. The molecule has 2 heterocycles. The van der Waals surface area contributed by atoms with E-state index in [0.717, 1.165) is 78.7 Å². The van der Waals surface area contributed by atoms with Crippen LogP contribution in [-0.4, -0.2) is 116 Å². The molecule has 19 nitrogen and oxygen atoms in total. The number of sulfonamides is 2. The van der Waals surface area contributed by atoms with Crippen LogP contribution in [0.25, 0.3) is 22.3 Å². The van der Waals surface area contributed by atoms with Gasteiger partial charge in [0.15, 0.2) is 0 Å². The van der Waals surface area contributed by atoms with Crippen LogP contribution in [0.3, 0.4) is 0 Å². The van der Waals surface area contributed by atoms with Crippen molar-refractivity contribution in [3.63, 3.8) is 0 Å². The van der Waals surface area contributed by atoms with E-state index < -0.39 is 102 Å². The van der Waals surface area contributed by atoms with Gasteiger partial charge in [-0.1, -0.05) is 74.5 Å². The number of alkyl halides is 6. The minimum Gasteiger partial charge on any atom is -0.481 e. The lowest BCUT2D eigenvalue weighted by Crippen LogP contribution is -2.46. The van der Waals surface area contributed by atoms with Crippen LogP contribution in [0.15, 0.2) is 144 Å². The first-order valence-electron chi connectivity index (χ1n) is 26.9. The number of amides is 1. The number of hydrogen-bond acceptors (Lipinski definition) is 13. The van der Waals surface area contributed by atoms with Crippen molar-refractivity contribution in [1.82, 2.24) is 23.9 Å². The minimum absolute atomic E-state index is 0.0289. The van der Waals surface area contributed by atoms with E-state index in [-0.39, 0.29) is 57.6 Å². The summed E-state index contributed by atoms with van der Waals surface area (Å²) in [6.07, 6.45) is -2.37. The monoisotopic (exact) mass is 1300 g/mol. The molecule has 2 aromatic heterocycles. The molecule has 0 spiro atoms. The second kappa shape index (κ2) is 30.5. The Morgan fingerprint density at radius 3 is 1.30 bits per heavy atom. The van der Waals surface area contributed by atoms with Gasteiger partial charge in [0.25, 0.3) is 20.2 Å². The van der Waals surface area contributed by atoms with E-state index in [1.165, 1.54) is 12.1 Å². The van der Waals surface area contributed by atoms with Crippen LogP contribution in [0.2, 0.25) is 0 Å². The normalized spacial score (nSPS) is 12.7. The van der Waals surface area contributed by atoms with E-state index in [9.17, 15) is 69.6 Å². The number of carbonyl (C=O) groups is 2. The van der Waals surface area contributed by atoms with Gasteiger partial charge >= 0.3 is 18.3 Å². The second-order valence-electron chi connectivity index (χ2n) is 20.5. The van der Waals surface area contributed by atoms with Crippen molar-refractivity contribution in [2.24, 2.45) is 5.73 Å². The summed E-state index contributed by atoms with van der Waals surface area (Å²) < 4.78 is 199. The van der Waals surface area contributed by atoms with Gasteiger partial charge in [-0.15, -0.1) is 0 Å². The number of nitrogens with two attached hydrogens (primary N) is 1. The molecule has 4 aromatic carbocycles. The van der Waals surface area contributed by atoms with Gasteiger partial charge in [0.05, 0.1) is 43.5 Å². The van der Waals surface area contributed by atoms with Crippen LogP contribution < -0.4 is 11.1 Å². The summed E-state index contributed by atoms with van der Waals surface area (Å²) in [4.78, 5) is 30.0. The first-order chi connectivity index (χ1) is 40.3. The molecule has 0 aliphatic rings. The Balaban J connectivity index is 0.000000338. The number of benzene rings is 4. The standard InChI is InChI=1S/C29H34F3N3O6S2.C27H29F3N2O4S.C2H7NO3S/c1-4-21-20-33-15-14-24(21)22-9-7-10-23(19-22)28(2,3)35(17-8-13-27(36)34-16-18-42(37,38)39)43(40,41)26-12-6-5-11-25(26)29(30,31)32;1-4-19-18-31-15-14-22(19)20-9-7-10-21(17-20)26(2,3)32(16-8-13-25(33)34)37(35,36)24-12-6-5-11-23(24)27(28,29)30;3-1-2-7(4,5)6/h5-7,9-12,14-15,19-20H,4,8,13,16-18H2,1-3H3,(H,34,36)(H,37,38,39);5-7,9-12,14-15,17-18H,4,8,13,16H2,1-3H3,(H,33,34);1-3H2,(H,4,5,6). The largest absolute Gasteiger partial charge is 0.481 e. The molecule has 0 aliphatic heterocycles. The SMILES string of the molecule is CCc1cnccc1-c1cccc(C(C)(C)N(CCCC(=O)NCCS(=O)(=O)O)S(=O)(=O)c2ccccc2C(F)(F)F)c1.CCc1cnccc1-c1cccc(C(C)(C)N(CCCC(=O)O)S(=O)(=O)c2ccccc2C(F)(F)F)c1.NCCS(=O)(=O)O. The van der Waals surface area contributed by atoms with Crippen molar-refractivity contribution in [3.8, 4) is 22.3 Å². The molecule has 6 aromatic rings. The Morgan fingerprint density at radius 2 is 0.954 bits per heavy atom. The van der Waals surface area contributed by atoms with Crippen LogP contribution in [0.1, 0.15) is 101 Å². The van der Waals surface area contributed by atoms with Gasteiger partial charge in [0.2, 0.25) is 26.0 Å². The number of halogens is 6. The van der Waals surface area contributed by atoms with Crippen LogP contribution in [0, 0.1) is 0 Å². The maximum Gasteiger partial charge on any atom is 0.417 e. The van der Waals surface area contributed by atoms with Gasteiger partial charge in [-0.05, 0) is 146 Å². The Labute approximate surface area is 503 Å². The van der Waals surface area contributed by atoms with Crippen LogP contribution in [-0.2, 0) is 86.1 Å². The molecule has 0 bridgehead atoms. The van der Waals surface area contributed by atoms with Crippen molar-refractivity contribution in [2.75, 3.05) is 37.7 Å². The van der Waals surface area contributed by atoms with Gasteiger partial charge < -0.3 is 16.2 Å². The van der Waals surface area contributed by atoms with Gasteiger partial charge in [0, 0.05) is 63.8 Å². The number of nitrogens with zero attached hydrogens (tertiary/aromatic N) is 4. The average Bonchev–Trinajstić information content (AvgIpc) is 0.967. The molecule has 87 heavy (non-hydrogen) atoms. The Morgan fingerprint density at radius 1 is 0.563 bits per heavy atom. The smallest absolute Gasteiger partial charge is 0.417 e. The van der Waals surface area contributed by atoms with Crippen LogP contribution in [0.4, 0.5) is 26.3 Å². The zero-order chi connectivity index (χ0) is 65.4. The van der Waals surface area contributed by atoms with Gasteiger partial charge in [-0.3, -0.25) is 28.7 Å². The summed E-state index contributed by atoms with van der Waals surface area (Å²) >= 11 is 0. The Bertz CT molecular complexity index is 3800. The van der Waals surface area contributed by atoms with Gasteiger partial charge in [0.1, 0.15) is 0 Å². The highest BCUT2D eigenvalue weighted by Gasteiger charge is 2.45. The fourth-order valence-corrected chi connectivity index (χ4v) is 13.9. The molecule has 0 radical (unpaired) electrons. The summed E-state index contributed by atoms with van der Waals surface area (Å²) in [6, 6.07) is 25.9. The summed E-state index contributed by atoms with van der Waals surface area (Å²) in [6.45, 7) is 9.34. The lowest BCUT2D eigenvalue weighted by atomic mass is 9.90. The first kappa shape index (κ1) is 72.8. The Hall–Kier alpha value is -6.70. The lowest BCUT2D eigenvalue weighted by molar-refractivity contribution is -0.140. The van der Waals surface area contributed by atoms with E-state index in [1.54, 1.807) is 82.8 Å². The zero-order valence-electron chi connectivity index (χ0n) is 48.4. The lowest BCUT2D eigenvalue weighted by Gasteiger charge is -2.38. The molecule has 29 heteroatoms. The molecule has 0 saturated carbocycles. The first-order valence-corrected chi connectivity index (χ1v) is 33.0. The van der Waals surface area contributed by atoms with Gasteiger partial charge in [-0.25, -0.2) is 16.8 Å². The molecular weight excluding hydrogens is 1230 g/mol. The molecular formula is C58H70F6N6O13S4. The molecule has 1 amide bonds. The number of pyridine rings is 2. The third-order valence-electron chi connectivity index (χ3n) is 13.7. The molecule has 6 N–H and O–H groups in total. The highest BCUT2D eigenvalue weighted by atomic mass is 32.2. The summed E-state index contributed by atoms with van der Waals surface area (Å²) in [5.41, 5.74) is 5.89. The minimum atomic E-state index is -4.94. The van der Waals surface area contributed by atoms with E-state index in [1.807, 2.05) is 44.2 Å². The van der Waals surface area contributed by atoms with E-state index >= 15 is 0 Å². The fraction of sp³-hybridized carbons (Fsp3) is 0.379. The summed E-state index contributed by atoms with van der Waals surface area (Å²) in [5, 5.41) is 11.4. The number of aryl methyl sites for hydroxylation is 2. The van der Waals surface area contributed by atoms with Crippen molar-refractivity contribution in [2.45, 2.75) is 113 Å². The molecule has 0 unspecified atom stereocenters. The number of carboxylic acid groups (broad SMARTS) is 1. The average molecular weight is 1300 g/mol. The number of nitrogens with one attached hydrogen (secondary N) is 1. The fourth-order valence-electron chi connectivity index (χ4n) is 9.21. The maximum absolute atomic E-state index is 14.1. The number of hydrogen-bond donors (Lipinski definition) is 5. The predicted molar refractivity (Wildman–Crippen MR) is 316 cm³/mol. The van der Waals surface area contributed by atoms with Crippen molar-refractivity contribution >= 4 is 52.2 Å². The summed E-state index contributed by atoms with van der Waals surface area (Å²) in [5.74, 6) is -2.79. The van der Waals surface area contributed by atoms with Crippen LogP contribution in [0.5, 0.6) is 0 Å². The van der Waals surface area contributed by atoms with Crippen molar-refractivity contribution in [3.05, 3.63) is 167 Å². The van der Waals surface area contributed by atoms with E-state index in [4.69, 9.17) is 19.9 Å². The van der Waals surface area contributed by atoms with E-state index in [2.05, 4.69) is 15.3 Å². The van der Waals surface area contributed by atoms with Gasteiger partial charge in [-0.2, -0.15) is 51.8 Å². The maximum atomic E-state index is 14.1. The molecule has 0 aliphatic carbocycles. The number of aliphatic carboxylic acids is 1. The zero-order valence-corrected chi connectivity index (χ0v) is 51.6. The molecule has 0 fully saturated rings. The number of carbonyl (C=O) groups excluding carboxylic acids is 1. The third kappa shape index (κ3) is 20.4. The second-order valence-corrected chi connectivity index (χ2v) is 27.3. The topological polar surface area (TPSA) is 302 Å². The third-order valence-corrected chi connectivity index (χ3v) is 19.4. The van der Waals surface area contributed by atoms with Crippen molar-refractivity contribution < 1.29 is 83.8 Å². The number of rotatable bonds is 25. The predicted octanol–water partition coefficient (Wildman–Crippen LogP) is 9.99. The molecule has 0 atom stereocenters. The number of aromatic nitrogens is 2. The van der Waals surface area contributed by atoms with E-state index in [0.29, 0.717) is 23.6 Å². The Kier molecular flexibility index (Phi) is 25.5. The quantitative estimate of drug-likeness (QED) is 0.0263. The molecule has 0 saturated heterocycles. The molecule has 6 rings (SSSR count). The number of carboxylic acids is 1. The van der Waals surface area contributed by atoms with Crippen LogP contribution >= 0.6 is 0 Å². The highest BCUT2D eigenvalue weighted by Crippen LogP contribution is 2.42. The van der Waals surface area contributed by atoms with Crippen molar-refractivity contribution in [1.29, 1.82) is 0 Å². The summed E-state index contributed by atoms with van der Waals surface area (Å²) in [7, 11) is -17.6. The highest BCUT2D eigenvalue weighted by molar-refractivity contribution is 7.89.